The molecule has 1 N–H and O–H groups in total. The van der Waals surface area contributed by atoms with Gasteiger partial charge in [-0.1, -0.05) is 11.6 Å². The maximum absolute atomic E-state index is 12.7. The highest BCUT2D eigenvalue weighted by Crippen LogP contribution is 2.30. The molecule has 0 bridgehead atoms. The summed E-state index contributed by atoms with van der Waals surface area (Å²) in [4.78, 5) is 50.0. The van der Waals surface area contributed by atoms with Crippen LogP contribution in [0.25, 0.3) is 0 Å². The normalized spacial score (nSPS) is 15.9. The average molecular weight is 447 g/mol. The number of imide groups is 1. The second kappa shape index (κ2) is 9.77. The predicted octanol–water partition coefficient (Wildman–Crippen LogP) is 3.52. The molecule has 0 saturated carbocycles. The lowest BCUT2D eigenvalue weighted by Gasteiger charge is -2.15. The third-order valence-electron chi connectivity index (χ3n) is 4.29. The summed E-state index contributed by atoms with van der Waals surface area (Å²) in [5.74, 6) is -1.45. The van der Waals surface area contributed by atoms with Crippen LogP contribution in [0, 0.1) is 0 Å². The highest BCUT2D eigenvalue weighted by Gasteiger charge is 2.40. The van der Waals surface area contributed by atoms with Gasteiger partial charge in [-0.15, -0.1) is 11.8 Å². The van der Waals surface area contributed by atoms with Gasteiger partial charge in [0.1, 0.15) is 0 Å². The van der Waals surface area contributed by atoms with Crippen LogP contribution in [-0.4, -0.2) is 41.3 Å². The van der Waals surface area contributed by atoms with E-state index in [0.717, 1.165) is 16.7 Å². The lowest BCUT2D eigenvalue weighted by atomic mass is 10.2. The summed E-state index contributed by atoms with van der Waals surface area (Å²) in [7, 11) is 0. The number of ether oxygens (including phenoxy) is 1. The highest BCUT2D eigenvalue weighted by atomic mass is 35.5. The van der Waals surface area contributed by atoms with Gasteiger partial charge >= 0.3 is 5.97 Å². The first kappa shape index (κ1) is 21.9. The lowest BCUT2D eigenvalue weighted by molar-refractivity contribution is -0.121. The Balaban J connectivity index is 1.58. The molecule has 1 heterocycles. The second-order valence-electron chi connectivity index (χ2n) is 6.39. The summed E-state index contributed by atoms with van der Waals surface area (Å²) in [5.41, 5.74) is 1.32. The van der Waals surface area contributed by atoms with Crippen LogP contribution in [0.2, 0.25) is 5.02 Å². The summed E-state index contributed by atoms with van der Waals surface area (Å²) >= 11 is 6.93. The molecule has 1 aliphatic rings. The van der Waals surface area contributed by atoms with Crippen LogP contribution in [0.1, 0.15) is 23.7 Å². The molecule has 0 radical (unpaired) electrons. The number of halogens is 1. The summed E-state index contributed by atoms with van der Waals surface area (Å²) in [6.45, 7) is 1.97. The fraction of sp³-hybridized carbons (Fsp3) is 0.238. The number of hydrogen-bond donors (Lipinski definition) is 1. The molecule has 0 spiro atoms. The van der Waals surface area contributed by atoms with Gasteiger partial charge in [0.15, 0.2) is 0 Å². The van der Waals surface area contributed by atoms with Gasteiger partial charge in [-0.2, -0.15) is 0 Å². The smallest absolute Gasteiger partial charge is 0.338 e. The maximum Gasteiger partial charge on any atom is 0.338 e. The molecule has 1 atom stereocenters. The molecule has 2 aromatic rings. The number of esters is 1. The van der Waals surface area contributed by atoms with E-state index < -0.39 is 11.2 Å². The van der Waals surface area contributed by atoms with Gasteiger partial charge in [-0.05, 0) is 55.5 Å². The molecule has 3 amide bonds. The van der Waals surface area contributed by atoms with Gasteiger partial charge in [0, 0.05) is 17.1 Å². The van der Waals surface area contributed by atoms with E-state index in [4.69, 9.17) is 16.3 Å². The van der Waals surface area contributed by atoms with E-state index in [2.05, 4.69) is 5.32 Å². The Hall–Kier alpha value is -2.84. The van der Waals surface area contributed by atoms with Gasteiger partial charge in [0.2, 0.25) is 17.7 Å². The van der Waals surface area contributed by atoms with Crippen LogP contribution < -0.4 is 10.2 Å². The zero-order chi connectivity index (χ0) is 21.7. The standard InChI is InChI=1S/C21H19ClN2O5S/c1-2-29-21(28)13-3-9-16(10-4-13)24-19(26)11-17(20(24)27)30-12-18(25)23-15-7-5-14(22)6-8-15/h3-10,17H,2,11-12H2,1H3,(H,23,25)/t17-/m0/s1. The summed E-state index contributed by atoms with van der Waals surface area (Å²) < 4.78 is 4.92. The van der Waals surface area contributed by atoms with Crippen LogP contribution in [0.4, 0.5) is 11.4 Å². The van der Waals surface area contributed by atoms with E-state index in [1.165, 1.54) is 24.3 Å². The number of hydrogen-bond acceptors (Lipinski definition) is 6. The van der Waals surface area contributed by atoms with Crippen molar-refractivity contribution in [3.8, 4) is 0 Å². The molecular weight excluding hydrogens is 428 g/mol. The van der Waals surface area contributed by atoms with Crippen molar-refractivity contribution in [2.45, 2.75) is 18.6 Å². The predicted molar refractivity (Wildman–Crippen MR) is 116 cm³/mol. The molecule has 9 heteroatoms. The minimum Gasteiger partial charge on any atom is -0.462 e. The third-order valence-corrected chi connectivity index (χ3v) is 5.74. The molecule has 3 rings (SSSR count). The van der Waals surface area contributed by atoms with Crippen molar-refractivity contribution in [2.75, 3.05) is 22.6 Å². The molecule has 1 fully saturated rings. The van der Waals surface area contributed by atoms with Crippen molar-refractivity contribution < 1.29 is 23.9 Å². The van der Waals surface area contributed by atoms with Crippen LogP contribution in [-0.2, 0) is 19.1 Å². The number of amides is 3. The van der Waals surface area contributed by atoms with Crippen molar-refractivity contribution in [3.05, 3.63) is 59.1 Å². The van der Waals surface area contributed by atoms with Crippen LogP contribution in [0.15, 0.2) is 48.5 Å². The molecule has 2 aromatic carbocycles. The van der Waals surface area contributed by atoms with Gasteiger partial charge in [-0.3, -0.25) is 14.4 Å². The van der Waals surface area contributed by atoms with Crippen LogP contribution in [0.5, 0.6) is 0 Å². The van der Waals surface area contributed by atoms with Crippen molar-refractivity contribution >= 4 is 58.4 Å². The molecule has 1 aliphatic heterocycles. The Morgan fingerprint density at radius 2 is 1.80 bits per heavy atom. The number of rotatable bonds is 7. The molecule has 1 saturated heterocycles. The van der Waals surface area contributed by atoms with Crippen molar-refractivity contribution in [2.24, 2.45) is 0 Å². The molecule has 0 aliphatic carbocycles. The number of benzene rings is 2. The largest absolute Gasteiger partial charge is 0.462 e. The number of carbonyl (C=O) groups is 4. The van der Waals surface area contributed by atoms with E-state index in [0.29, 0.717) is 22.0 Å². The number of thioether (sulfide) groups is 1. The van der Waals surface area contributed by atoms with Crippen LogP contribution >= 0.6 is 23.4 Å². The first-order valence-electron chi connectivity index (χ1n) is 9.20. The Kier molecular flexibility index (Phi) is 7.12. The lowest BCUT2D eigenvalue weighted by Crippen LogP contribution is -2.31. The maximum atomic E-state index is 12.7. The fourth-order valence-electron chi connectivity index (χ4n) is 2.87. The first-order valence-corrected chi connectivity index (χ1v) is 10.6. The van der Waals surface area contributed by atoms with Gasteiger partial charge in [-0.25, -0.2) is 9.69 Å². The highest BCUT2D eigenvalue weighted by molar-refractivity contribution is 8.01. The Morgan fingerprint density at radius 1 is 1.13 bits per heavy atom. The Labute approximate surface area is 182 Å². The average Bonchev–Trinajstić information content (AvgIpc) is 3.01. The van der Waals surface area contributed by atoms with Gasteiger partial charge in [0.05, 0.1) is 28.9 Å². The van der Waals surface area contributed by atoms with Crippen LogP contribution in [0.3, 0.4) is 0 Å². The van der Waals surface area contributed by atoms with E-state index in [-0.39, 0.29) is 36.5 Å². The number of anilines is 2. The topological polar surface area (TPSA) is 92.8 Å². The zero-order valence-corrected chi connectivity index (χ0v) is 17.7. The van der Waals surface area contributed by atoms with Gasteiger partial charge in [0.25, 0.3) is 0 Å². The van der Waals surface area contributed by atoms with E-state index >= 15 is 0 Å². The molecule has 0 unspecified atom stereocenters. The van der Waals surface area contributed by atoms with E-state index in [1.807, 2.05) is 0 Å². The number of carbonyl (C=O) groups excluding carboxylic acids is 4. The van der Waals surface area contributed by atoms with E-state index in [1.54, 1.807) is 31.2 Å². The van der Waals surface area contributed by atoms with Crippen molar-refractivity contribution in [3.63, 3.8) is 0 Å². The molecule has 7 nitrogen and oxygen atoms in total. The SMILES string of the molecule is CCOC(=O)c1ccc(N2C(=O)C[C@H](SCC(=O)Nc3ccc(Cl)cc3)C2=O)cc1. The third kappa shape index (κ3) is 5.20. The Bertz CT molecular complexity index is 962. The monoisotopic (exact) mass is 446 g/mol. The van der Waals surface area contributed by atoms with Crippen molar-refractivity contribution in [1.82, 2.24) is 0 Å². The number of nitrogens with zero attached hydrogens (tertiary/aromatic N) is 1. The summed E-state index contributed by atoms with van der Waals surface area (Å²) in [5, 5.41) is 2.64. The molecule has 156 valence electrons. The summed E-state index contributed by atoms with van der Waals surface area (Å²) in [6, 6.07) is 12.8. The molecule has 0 aromatic heterocycles. The molecular formula is C21H19ClN2O5S. The molecule has 30 heavy (non-hydrogen) atoms. The second-order valence-corrected chi connectivity index (χ2v) is 8.02. The minimum absolute atomic E-state index is 0.0113. The van der Waals surface area contributed by atoms with Gasteiger partial charge < -0.3 is 10.1 Å². The fourth-order valence-corrected chi connectivity index (χ4v) is 3.93. The minimum atomic E-state index is -0.641. The summed E-state index contributed by atoms with van der Waals surface area (Å²) in [6.07, 6.45) is 0.0113. The first-order chi connectivity index (χ1) is 14.4. The van der Waals surface area contributed by atoms with Crippen molar-refractivity contribution in [1.29, 1.82) is 0 Å². The quantitative estimate of drug-likeness (QED) is 0.516. The number of nitrogens with one attached hydrogen (secondary N) is 1. The van der Waals surface area contributed by atoms with E-state index in [9.17, 15) is 19.2 Å². The zero-order valence-electron chi connectivity index (χ0n) is 16.1. The Morgan fingerprint density at radius 3 is 2.43 bits per heavy atom.